The largest absolute Gasteiger partial charge is 0.496 e. The van der Waals surface area contributed by atoms with Crippen LogP contribution >= 0.6 is 0 Å². The summed E-state index contributed by atoms with van der Waals surface area (Å²) in [5.74, 6) is 0.368. The molecule has 1 fully saturated rings. The monoisotopic (exact) mass is 391 g/mol. The Balaban J connectivity index is 1.82. The summed E-state index contributed by atoms with van der Waals surface area (Å²) in [5, 5.41) is 2.84. The fourth-order valence-corrected chi connectivity index (χ4v) is 5.12. The molecule has 146 valence electrons. The highest BCUT2D eigenvalue weighted by atomic mass is 32.2. The maximum Gasteiger partial charge on any atom is 0.268 e. The summed E-state index contributed by atoms with van der Waals surface area (Å²) in [7, 11) is -0.285. The van der Waals surface area contributed by atoms with Gasteiger partial charge in [0.2, 0.25) is 10.0 Å². The molecule has 1 N–H and O–H groups in total. The standard InChI is InChI=1S/C19H25N3O4S/c1-14-18(27(24,25)22-10-6-7-11-22)12-16(21(14)2)19(23)20-13-15-8-4-5-9-17(15)26-3/h4-5,8-9,12H,6-7,10-11,13H2,1-3H3,(H,20,23). The number of benzene rings is 1. The third kappa shape index (κ3) is 3.72. The van der Waals surface area contributed by atoms with Crippen molar-refractivity contribution in [3.8, 4) is 5.75 Å². The van der Waals surface area contributed by atoms with Crippen molar-refractivity contribution in [3.63, 3.8) is 0 Å². The Morgan fingerprint density at radius 3 is 2.56 bits per heavy atom. The fraction of sp³-hybridized carbons (Fsp3) is 0.421. The molecule has 1 aliphatic heterocycles. The first-order chi connectivity index (χ1) is 12.9. The second kappa shape index (κ2) is 7.74. The first-order valence-corrected chi connectivity index (χ1v) is 10.4. The van der Waals surface area contributed by atoms with Crippen molar-refractivity contribution in [3.05, 3.63) is 47.3 Å². The quantitative estimate of drug-likeness (QED) is 0.817. The molecule has 0 spiro atoms. The minimum Gasteiger partial charge on any atom is -0.496 e. The molecule has 1 amide bonds. The van der Waals surface area contributed by atoms with E-state index in [9.17, 15) is 13.2 Å². The van der Waals surface area contributed by atoms with Gasteiger partial charge >= 0.3 is 0 Å². The molecule has 1 aliphatic rings. The SMILES string of the molecule is COc1ccccc1CNC(=O)c1cc(S(=O)(=O)N2CCCC2)c(C)n1C. The van der Waals surface area contributed by atoms with E-state index in [4.69, 9.17) is 4.74 Å². The predicted molar refractivity (Wildman–Crippen MR) is 102 cm³/mol. The maximum absolute atomic E-state index is 12.9. The number of carbonyl (C=O) groups excluding carboxylic acids is 1. The number of nitrogens with one attached hydrogen (secondary N) is 1. The van der Waals surface area contributed by atoms with E-state index in [1.165, 1.54) is 10.4 Å². The van der Waals surface area contributed by atoms with Gasteiger partial charge in [0, 0.05) is 37.9 Å². The topological polar surface area (TPSA) is 80.6 Å². The first kappa shape index (κ1) is 19.4. The molecule has 0 bridgehead atoms. The Kier molecular flexibility index (Phi) is 5.57. The number of para-hydroxylation sites is 1. The Morgan fingerprint density at radius 2 is 1.89 bits per heavy atom. The molecular formula is C19H25N3O4S. The number of hydrogen-bond acceptors (Lipinski definition) is 4. The molecule has 1 aromatic heterocycles. The summed E-state index contributed by atoms with van der Waals surface area (Å²) >= 11 is 0. The van der Waals surface area contributed by atoms with E-state index in [-0.39, 0.29) is 10.8 Å². The van der Waals surface area contributed by atoms with Crippen LogP contribution in [0, 0.1) is 6.92 Å². The van der Waals surface area contributed by atoms with Crippen molar-refractivity contribution in [1.82, 2.24) is 14.2 Å². The third-order valence-corrected chi connectivity index (χ3v) is 7.05. The lowest BCUT2D eigenvalue weighted by molar-refractivity contribution is 0.0942. The molecule has 0 atom stereocenters. The minimum absolute atomic E-state index is 0.203. The van der Waals surface area contributed by atoms with Gasteiger partial charge in [-0.25, -0.2) is 8.42 Å². The second-order valence-electron chi connectivity index (χ2n) is 6.64. The van der Waals surface area contributed by atoms with Gasteiger partial charge in [-0.2, -0.15) is 4.31 Å². The molecule has 1 aromatic carbocycles. The van der Waals surface area contributed by atoms with Crippen LogP contribution in [-0.2, 0) is 23.6 Å². The van der Waals surface area contributed by atoms with Gasteiger partial charge in [0.05, 0.1) is 7.11 Å². The van der Waals surface area contributed by atoms with Crippen molar-refractivity contribution in [2.45, 2.75) is 31.2 Å². The van der Waals surface area contributed by atoms with Crippen LogP contribution in [0.15, 0.2) is 35.2 Å². The van der Waals surface area contributed by atoms with E-state index in [0.29, 0.717) is 36.8 Å². The van der Waals surface area contributed by atoms with Crippen molar-refractivity contribution in [2.24, 2.45) is 7.05 Å². The molecule has 2 heterocycles. The van der Waals surface area contributed by atoms with Gasteiger partial charge in [0.25, 0.3) is 5.91 Å². The summed E-state index contributed by atoms with van der Waals surface area (Å²) in [5.41, 5.74) is 1.73. The molecular weight excluding hydrogens is 366 g/mol. The van der Waals surface area contributed by atoms with E-state index in [1.54, 1.807) is 25.6 Å². The number of amides is 1. The minimum atomic E-state index is -3.57. The number of carbonyl (C=O) groups is 1. The first-order valence-electron chi connectivity index (χ1n) is 8.93. The zero-order chi connectivity index (χ0) is 19.6. The van der Waals surface area contributed by atoms with Crippen LogP contribution in [0.5, 0.6) is 5.75 Å². The molecule has 7 nitrogen and oxygen atoms in total. The van der Waals surface area contributed by atoms with Crippen LogP contribution in [0.4, 0.5) is 0 Å². The average Bonchev–Trinajstić information content (AvgIpc) is 3.30. The third-order valence-electron chi connectivity index (χ3n) is 5.04. The van der Waals surface area contributed by atoms with Crippen LogP contribution in [-0.4, -0.2) is 43.4 Å². The molecule has 0 radical (unpaired) electrons. The average molecular weight is 391 g/mol. The van der Waals surface area contributed by atoms with E-state index >= 15 is 0 Å². The molecule has 27 heavy (non-hydrogen) atoms. The molecule has 0 aliphatic carbocycles. The Labute approximate surface area is 160 Å². The lowest BCUT2D eigenvalue weighted by Crippen LogP contribution is -2.28. The Hall–Kier alpha value is -2.32. The second-order valence-corrected chi connectivity index (χ2v) is 8.55. The van der Waals surface area contributed by atoms with Crippen molar-refractivity contribution in [1.29, 1.82) is 0 Å². The molecule has 2 aromatic rings. The zero-order valence-corrected chi connectivity index (χ0v) is 16.7. The van der Waals surface area contributed by atoms with Gasteiger partial charge in [-0.3, -0.25) is 4.79 Å². The van der Waals surface area contributed by atoms with E-state index in [1.807, 2.05) is 24.3 Å². The summed E-state index contributed by atoms with van der Waals surface area (Å²) in [6.07, 6.45) is 1.74. The van der Waals surface area contributed by atoms with Crippen molar-refractivity contribution < 1.29 is 17.9 Å². The van der Waals surface area contributed by atoms with Crippen LogP contribution in [0.2, 0.25) is 0 Å². The maximum atomic E-state index is 12.9. The molecule has 3 rings (SSSR count). The van der Waals surface area contributed by atoms with Crippen molar-refractivity contribution >= 4 is 15.9 Å². The predicted octanol–water partition coefficient (Wildman–Crippen LogP) is 2.06. The van der Waals surface area contributed by atoms with Gasteiger partial charge in [-0.15, -0.1) is 0 Å². The van der Waals surface area contributed by atoms with Crippen LogP contribution in [0.3, 0.4) is 0 Å². The highest BCUT2D eigenvalue weighted by Crippen LogP contribution is 2.26. The number of rotatable bonds is 6. The molecule has 0 saturated carbocycles. The zero-order valence-electron chi connectivity index (χ0n) is 15.9. The number of aromatic nitrogens is 1. The highest BCUT2D eigenvalue weighted by molar-refractivity contribution is 7.89. The highest BCUT2D eigenvalue weighted by Gasteiger charge is 2.31. The number of nitrogens with zero attached hydrogens (tertiary/aromatic N) is 2. The van der Waals surface area contributed by atoms with Gasteiger partial charge in [0.1, 0.15) is 16.3 Å². The summed E-state index contributed by atoms with van der Waals surface area (Å²) in [6, 6.07) is 8.91. The van der Waals surface area contributed by atoms with Crippen molar-refractivity contribution in [2.75, 3.05) is 20.2 Å². The van der Waals surface area contributed by atoms with Crippen LogP contribution in [0.25, 0.3) is 0 Å². The van der Waals surface area contributed by atoms with Gasteiger partial charge in [-0.05, 0) is 31.9 Å². The van der Waals surface area contributed by atoms with E-state index in [2.05, 4.69) is 5.32 Å². The number of methoxy groups -OCH3 is 1. The van der Waals surface area contributed by atoms with Crippen LogP contribution < -0.4 is 10.1 Å². The van der Waals surface area contributed by atoms with E-state index < -0.39 is 10.0 Å². The van der Waals surface area contributed by atoms with E-state index in [0.717, 1.165) is 18.4 Å². The van der Waals surface area contributed by atoms with Gasteiger partial charge in [0.15, 0.2) is 0 Å². The number of hydrogen-bond donors (Lipinski definition) is 1. The summed E-state index contributed by atoms with van der Waals surface area (Å²) < 4.78 is 34.1. The molecule has 0 unspecified atom stereocenters. The Bertz CT molecular complexity index is 944. The van der Waals surface area contributed by atoms with Gasteiger partial charge < -0.3 is 14.6 Å². The lowest BCUT2D eigenvalue weighted by atomic mass is 10.2. The summed E-state index contributed by atoms with van der Waals surface area (Å²) in [4.78, 5) is 12.9. The van der Waals surface area contributed by atoms with Gasteiger partial charge in [-0.1, -0.05) is 18.2 Å². The smallest absolute Gasteiger partial charge is 0.268 e. The molecule has 8 heteroatoms. The lowest BCUT2D eigenvalue weighted by Gasteiger charge is -2.15. The number of ether oxygens (including phenoxy) is 1. The summed E-state index contributed by atoms with van der Waals surface area (Å²) in [6.45, 7) is 3.08. The molecule has 1 saturated heterocycles. The van der Waals surface area contributed by atoms with Crippen LogP contribution in [0.1, 0.15) is 34.6 Å². The fourth-order valence-electron chi connectivity index (χ4n) is 3.33. The normalized spacial score (nSPS) is 15.1. The number of sulfonamides is 1. The Morgan fingerprint density at radius 1 is 1.22 bits per heavy atom.